The molecule has 0 saturated carbocycles. The third kappa shape index (κ3) is 4.50. The van der Waals surface area contributed by atoms with Crippen molar-refractivity contribution < 1.29 is 4.79 Å². The van der Waals surface area contributed by atoms with Gasteiger partial charge >= 0.3 is 0 Å². The Morgan fingerprint density at radius 3 is 2.32 bits per heavy atom. The van der Waals surface area contributed by atoms with Crippen LogP contribution in [0.3, 0.4) is 0 Å². The second-order valence-electron chi connectivity index (χ2n) is 5.31. The summed E-state index contributed by atoms with van der Waals surface area (Å²) >= 11 is 12.2. The average molecular weight is 372 g/mol. The molecule has 0 aliphatic heterocycles. The quantitative estimate of drug-likeness (QED) is 0.658. The van der Waals surface area contributed by atoms with Gasteiger partial charge in [-0.2, -0.15) is 0 Å². The third-order valence-corrected chi connectivity index (χ3v) is 4.24. The molecule has 0 radical (unpaired) electrons. The van der Waals surface area contributed by atoms with Gasteiger partial charge in [-0.1, -0.05) is 53.5 Å². The zero-order valence-corrected chi connectivity index (χ0v) is 14.7. The molecule has 25 heavy (non-hydrogen) atoms. The molecule has 0 spiro atoms. The van der Waals surface area contributed by atoms with E-state index in [-0.39, 0.29) is 5.91 Å². The van der Waals surface area contributed by atoms with Gasteiger partial charge in [-0.25, -0.2) is 4.98 Å². The molecule has 0 fully saturated rings. The summed E-state index contributed by atoms with van der Waals surface area (Å²) in [7, 11) is 0. The Labute approximate surface area is 155 Å². The van der Waals surface area contributed by atoms with E-state index < -0.39 is 0 Å². The number of carbonyl (C=O) groups is 1. The summed E-state index contributed by atoms with van der Waals surface area (Å²) in [5.74, 6) is -0.260. The largest absolute Gasteiger partial charge is 0.353 e. The standard InChI is InChI=1S/C19H15Cl2N3O/c20-15-6-2-1-5-13(15)11-23-19(25)18-10-9-14(12-22-18)24-17-8-4-3-7-16(17)21/h1-10,12,24H,11H2,(H,23,25). The van der Waals surface area contributed by atoms with Gasteiger partial charge in [-0.3, -0.25) is 4.79 Å². The highest BCUT2D eigenvalue weighted by molar-refractivity contribution is 6.33. The molecule has 0 bridgehead atoms. The maximum absolute atomic E-state index is 12.2. The van der Waals surface area contributed by atoms with Gasteiger partial charge in [-0.05, 0) is 35.9 Å². The predicted molar refractivity (Wildman–Crippen MR) is 102 cm³/mol. The Morgan fingerprint density at radius 1 is 0.920 bits per heavy atom. The van der Waals surface area contributed by atoms with Crippen LogP contribution in [-0.2, 0) is 6.54 Å². The van der Waals surface area contributed by atoms with Crippen molar-refractivity contribution >= 4 is 40.5 Å². The second-order valence-corrected chi connectivity index (χ2v) is 6.13. The van der Waals surface area contributed by atoms with Crippen molar-refractivity contribution in [1.82, 2.24) is 10.3 Å². The van der Waals surface area contributed by atoms with E-state index in [1.54, 1.807) is 30.5 Å². The molecule has 2 aromatic carbocycles. The SMILES string of the molecule is O=C(NCc1ccccc1Cl)c1ccc(Nc2ccccc2Cl)cn1. The summed E-state index contributed by atoms with van der Waals surface area (Å²) in [5.41, 5.74) is 2.71. The summed E-state index contributed by atoms with van der Waals surface area (Å²) < 4.78 is 0. The van der Waals surface area contributed by atoms with Crippen LogP contribution in [0.15, 0.2) is 66.9 Å². The van der Waals surface area contributed by atoms with Crippen LogP contribution in [0.25, 0.3) is 0 Å². The molecule has 0 atom stereocenters. The second kappa shape index (κ2) is 8.01. The van der Waals surface area contributed by atoms with E-state index >= 15 is 0 Å². The minimum atomic E-state index is -0.260. The zero-order valence-electron chi connectivity index (χ0n) is 13.2. The van der Waals surface area contributed by atoms with Crippen molar-refractivity contribution in [2.75, 3.05) is 5.32 Å². The minimum Gasteiger partial charge on any atom is -0.353 e. The van der Waals surface area contributed by atoms with E-state index in [1.807, 2.05) is 36.4 Å². The highest BCUT2D eigenvalue weighted by Gasteiger charge is 2.08. The molecule has 0 aliphatic carbocycles. The fourth-order valence-corrected chi connectivity index (χ4v) is 2.61. The number of rotatable bonds is 5. The molecular weight excluding hydrogens is 357 g/mol. The number of halogens is 2. The molecule has 6 heteroatoms. The van der Waals surface area contributed by atoms with Crippen LogP contribution in [0.4, 0.5) is 11.4 Å². The van der Waals surface area contributed by atoms with E-state index in [2.05, 4.69) is 15.6 Å². The number of benzene rings is 2. The highest BCUT2D eigenvalue weighted by atomic mass is 35.5. The number of pyridine rings is 1. The van der Waals surface area contributed by atoms with Crippen LogP contribution in [0.2, 0.25) is 10.0 Å². The molecule has 0 saturated heterocycles. The van der Waals surface area contributed by atoms with Crippen LogP contribution in [0.1, 0.15) is 16.1 Å². The normalized spacial score (nSPS) is 10.3. The lowest BCUT2D eigenvalue weighted by molar-refractivity contribution is 0.0946. The van der Waals surface area contributed by atoms with Crippen molar-refractivity contribution in [3.8, 4) is 0 Å². The Balaban J connectivity index is 1.63. The summed E-state index contributed by atoms with van der Waals surface area (Å²) in [6, 6.07) is 18.2. The Kier molecular flexibility index (Phi) is 5.53. The lowest BCUT2D eigenvalue weighted by Crippen LogP contribution is -2.23. The summed E-state index contributed by atoms with van der Waals surface area (Å²) in [5, 5.41) is 7.20. The third-order valence-electron chi connectivity index (χ3n) is 3.55. The molecule has 3 rings (SSSR count). The lowest BCUT2D eigenvalue weighted by atomic mass is 10.2. The maximum atomic E-state index is 12.2. The first kappa shape index (κ1) is 17.3. The van der Waals surface area contributed by atoms with Crippen molar-refractivity contribution in [3.05, 3.63) is 88.2 Å². The van der Waals surface area contributed by atoms with Crippen molar-refractivity contribution in [1.29, 1.82) is 0 Å². The molecule has 2 N–H and O–H groups in total. The van der Waals surface area contributed by atoms with Gasteiger partial charge in [0.25, 0.3) is 5.91 Å². The van der Waals surface area contributed by atoms with Gasteiger partial charge in [0.15, 0.2) is 0 Å². The van der Waals surface area contributed by atoms with Crippen LogP contribution in [0.5, 0.6) is 0 Å². The van der Waals surface area contributed by atoms with Crippen molar-refractivity contribution in [3.63, 3.8) is 0 Å². The van der Waals surface area contributed by atoms with Gasteiger partial charge in [0.1, 0.15) is 5.69 Å². The number of carbonyl (C=O) groups excluding carboxylic acids is 1. The molecule has 0 aliphatic rings. The summed E-state index contributed by atoms with van der Waals surface area (Å²) in [6.45, 7) is 0.347. The molecule has 1 heterocycles. The Morgan fingerprint density at radius 2 is 1.64 bits per heavy atom. The van der Waals surface area contributed by atoms with E-state index in [0.29, 0.717) is 22.3 Å². The minimum absolute atomic E-state index is 0.260. The number of hydrogen-bond acceptors (Lipinski definition) is 3. The maximum Gasteiger partial charge on any atom is 0.270 e. The predicted octanol–water partition coefficient (Wildman–Crippen LogP) is 5.06. The first-order valence-corrected chi connectivity index (χ1v) is 8.38. The molecule has 1 amide bonds. The van der Waals surface area contributed by atoms with Crippen molar-refractivity contribution in [2.24, 2.45) is 0 Å². The van der Waals surface area contributed by atoms with E-state index in [0.717, 1.165) is 16.9 Å². The topological polar surface area (TPSA) is 54.0 Å². The lowest BCUT2D eigenvalue weighted by Gasteiger charge is -2.09. The van der Waals surface area contributed by atoms with E-state index in [9.17, 15) is 4.79 Å². The first-order chi connectivity index (χ1) is 12.1. The number of hydrogen-bond donors (Lipinski definition) is 2. The number of nitrogens with zero attached hydrogens (tertiary/aromatic N) is 1. The van der Waals surface area contributed by atoms with Crippen LogP contribution in [-0.4, -0.2) is 10.9 Å². The van der Waals surface area contributed by atoms with Gasteiger partial charge < -0.3 is 10.6 Å². The molecule has 126 valence electrons. The van der Waals surface area contributed by atoms with E-state index in [4.69, 9.17) is 23.2 Å². The highest BCUT2D eigenvalue weighted by Crippen LogP contribution is 2.24. The van der Waals surface area contributed by atoms with Crippen LogP contribution < -0.4 is 10.6 Å². The molecule has 1 aromatic heterocycles. The van der Waals surface area contributed by atoms with Gasteiger partial charge in [0.2, 0.25) is 0 Å². The molecular formula is C19H15Cl2N3O. The number of nitrogens with one attached hydrogen (secondary N) is 2. The number of amides is 1. The fraction of sp³-hybridized carbons (Fsp3) is 0.0526. The molecule has 0 unspecified atom stereocenters. The average Bonchev–Trinajstić information content (AvgIpc) is 2.63. The monoisotopic (exact) mass is 371 g/mol. The summed E-state index contributed by atoms with van der Waals surface area (Å²) in [6.07, 6.45) is 1.59. The molecule has 3 aromatic rings. The first-order valence-electron chi connectivity index (χ1n) is 7.63. The number of anilines is 2. The smallest absolute Gasteiger partial charge is 0.270 e. The van der Waals surface area contributed by atoms with E-state index in [1.165, 1.54) is 0 Å². The summed E-state index contributed by atoms with van der Waals surface area (Å²) in [4.78, 5) is 16.4. The fourth-order valence-electron chi connectivity index (χ4n) is 2.23. The number of para-hydroxylation sites is 1. The van der Waals surface area contributed by atoms with Crippen molar-refractivity contribution in [2.45, 2.75) is 6.54 Å². The van der Waals surface area contributed by atoms with Crippen LogP contribution in [0, 0.1) is 0 Å². The Bertz CT molecular complexity index is 882. The number of aromatic nitrogens is 1. The van der Waals surface area contributed by atoms with Gasteiger partial charge in [0, 0.05) is 11.6 Å². The Hall–Kier alpha value is -2.56. The van der Waals surface area contributed by atoms with Gasteiger partial charge in [0.05, 0.1) is 22.6 Å². The zero-order chi connectivity index (χ0) is 17.6. The van der Waals surface area contributed by atoms with Gasteiger partial charge in [-0.15, -0.1) is 0 Å². The van der Waals surface area contributed by atoms with Crippen LogP contribution >= 0.6 is 23.2 Å². The molecule has 4 nitrogen and oxygen atoms in total.